The van der Waals surface area contributed by atoms with Crippen LogP contribution in [0.5, 0.6) is 0 Å². The molecule has 6 nitrogen and oxygen atoms in total. The van der Waals surface area contributed by atoms with Crippen LogP contribution in [0.4, 0.5) is 0 Å². The van der Waals surface area contributed by atoms with Crippen LogP contribution >= 0.6 is 0 Å². The van der Waals surface area contributed by atoms with Crippen LogP contribution in [0.3, 0.4) is 0 Å². The maximum absolute atomic E-state index is 11.0. The van der Waals surface area contributed by atoms with Crippen LogP contribution < -0.4 is 0 Å². The van der Waals surface area contributed by atoms with Gasteiger partial charge in [-0.25, -0.2) is 0 Å². The monoisotopic (exact) mass is 285 g/mol. The summed E-state index contributed by atoms with van der Waals surface area (Å²) in [7, 11) is 0. The molecule has 0 aromatic carbocycles. The standard InChI is InChI=1S/C14H23NO5/c16-13(17)9-12-10-18-6-5-15(12)11-1-3-14(4-2-11)19-7-8-20-14/h11-12H,1-10H2,(H,16,17). The maximum Gasteiger partial charge on any atom is 0.305 e. The van der Waals surface area contributed by atoms with Crippen molar-refractivity contribution < 1.29 is 24.1 Å². The van der Waals surface area contributed by atoms with Crippen LogP contribution in [-0.2, 0) is 19.0 Å². The van der Waals surface area contributed by atoms with Crippen molar-refractivity contribution in [3.05, 3.63) is 0 Å². The SMILES string of the molecule is O=C(O)CC1COCCN1C1CCC2(CC1)OCCO2. The van der Waals surface area contributed by atoms with Gasteiger partial charge in [-0.2, -0.15) is 0 Å². The lowest BCUT2D eigenvalue weighted by molar-refractivity contribution is -0.188. The number of hydrogen-bond acceptors (Lipinski definition) is 5. The van der Waals surface area contributed by atoms with Crippen LogP contribution in [0.1, 0.15) is 32.1 Å². The highest BCUT2D eigenvalue weighted by atomic mass is 16.7. The normalized spacial score (nSPS) is 31.7. The molecule has 1 atom stereocenters. The summed E-state index contributed by atoms with van der Waals surface area (Å²) in [6, 6.07) is 0.437. The summed E-state index contributed by atoms with van der Waals surface area (Å²) in [6.45, 7) is 3.46. The molecule has 20 heavy (non-hydrogen) atoms. The first-order valence-electron chi connectivity index (χ1n) is 7.52. The molecular formula is C14H23NO5. The Morgan fingerprint density at radius 3 is 2.55 bits per heavy atom. The number of hydrogen-bond donors (Lipinski definition) is 1. The van der Waals surface area contributed by atoms with E-state index in [2.05, 4.69) is 4.90 Å². The highest BCUT2D eigenvalue weighted by Crippen LogP contribution is 2.38. The Morgan fingerprint density at radius 2 is 1.90 bits per heavy atom. The summed E-state index contributed by atoms with van der Waals surface area (Å²) < 4.78 is 16.9. The molecule has 3 rings (SSSR count). The summed E-state index contributed by atoms with van der Waals surface area (Å²) in [5, 5.41) is 9.03. The predicted molar refractivity (Wildman–Crippen MR) is 70.5 cm³/mol. The number of morpholine rings is 1. The molecule has 1 spiro atoms. The molecule has 6 heteroatoms. The fraction of sp³-hybridized carbons (Fsp3) is 0.929. The summed E-state index contributed by atoms with van der Waals surface area (Å²) in [5.41, 5.74) is 0. The second kappa shape index (κ2) is 5.97. The first-order chi connectivity index (χ1) is 9.69. The van der Waals surface area contributed by atoms with E-state index in [9.17, 15) is 4.79 Å². The van der Waals surface area contributed by atoms with Crippen molar-refractivity contribution in [2.24, 2.45) is 0 Å². The minimum Gasteiger partial charge on any atom is -0.481 e. The van der Waals surface area contributed by atoms with E-state index in [-0.39, 0.29) is 18.2 Å². The van der Waals surface area contributed by atoms with Gasteiger partial charge in [0.25, 0.3) is 0 Å². The molecule has 114 valence electrons. The molecule has 0 radical (unpaired) electrons. The minimum absolute atomic E-state index is 0.00529. The van der Waals surface area contributed by atoms with Crippen LogP contribution in [0, 0.1) is 0 Å². The topological polar surface area (TPSA) is 68.2 Å². The summed E-state index contributed by atoms with van der Waals surface area (Å²) in [4.78, 5) is 13.3. The fourth-order valence-electron chi connectivity index (χ4n) is 3.69. The Labute approximate surface area is 119 Å². The minimum atomic E-state index is -0.750. The molecular weight excluding hydrogens is 262 g/mol. The van der Waals surface area contributed by atoms with Gasteiger partial charge in [0.2, 0.25) is 0 Å². The Bertz CT molecular complexity index is 345. The van der Waals surface area contributed by atoms with Crippen molar-refractivity contribution in [1.29, 1.82) is 0 Å². The van der Waals surface area contributed by atoms with Gasteiger partial charge in [-0.3, -0.25) is 9.69 Å². The van der Waals surface area contributed by atoms with E-state index in [1.165, 1.54) is 0 Å². The van der Waals surface area contributed by atoms with Crippen LogP contribution in [0.15, 0.2) is 0 Å². The fourth-order valence-corrected chi connectivity index (χ4v) is 3.69. The second-order valence-corrected chi connectivity index (χ2v) is 5.90. The Hall–Kier alpha value is -0.690. The smallest absolute Gasteiger partial charge is 0.305 e. The third-order valence-corrected chi connectivity index (χ3v) is 4.68. The van der Waals surface area contributed by atoms with E-state index in [1.54, 1.807) is 0 Å². The largest absolute Gasteiger partial charge is 0.481 e. The van der Waals surface area contributed by atoms with Gasteiger partial charge in [0.05, 0.1) is 32.8 Å². The lowest BCUT2D eigenvalue weighted by atomic mass is 9.88. The zero-order valence-electron chi connectivity index (χ0n) is 11.8. The molecule has 3 aliphatic rings. The molecule has 2 aliphatic heterocycles. The lowest BCUT2D eigenvalue weighted by Gasteiger charge is -2.45. The highest BCUT2D eigenvalue weighted by molar-refractivity contribution is 5.67. The average molecular weight is 285 g/mol. The first kappa shape index (κ1) is 14.3. The number of rotatable bonds is 3. The van der Waals surface area contributed by atoms with Crippen molar-refractivity contribution in [2.75, 3.05) is 33.0 Å². The van der Waals surface area contributed by atoms with Crippen LogP contribution in [0.2, 0.25) is 0 Å². The Kier molecular flexibility index (Phi) is 4.26. The number of carbonyl (C=O) groups is 1. The molecule has 0 bridgehead atoms. The van der Waals surface area contributed by atoms with E-state index >= 15 is 0 Å². The molecule has 1 unspecified atom stereocenters. The van der Waals surface area contributed by atoms with E-state index in [0.717, 1.165) is 32.2 Å². The third kappa shape index (κ3) is 2.98. The van der Waals surface area contributed by atoms with E-state index in [4.69, 9.17) is 19.3 Å². The van der Waals surface area contributed by atoms with Crippen LogP contribution in [0.25, 0.3) is 0 Å². The first-order valence-corrected chi connectivity index (χ1v) is 7.52. The predicted octanol–water partition coefficient (Wildman–Crippen LogP) is 0.848. The molecule has 2 heterocycles. The molecule has 2 saturated heterocycles. The number of carboxylic acids is 1. The quantitative estimate of drug-likeness (QED) is 0.829. The van der Waals surface area contributed by atoms with E-state index in [0.29, 0.717) is 32.5 Å². The number of ether oxygens (including phenoxy) is 3. The molecule has 1 saturated carbocycles. The van der Waals surface area contributed by atoms with Gasteiger partial charge in [0, 0.05) is 31.5 Å². The highest BCUT2D eigenvalue weighted by Gasteiger charge is 2.43. The van der Waals surface area contributed by atoms with E-state index in [1.807, 2.05) is 0 Å². The summed E-state index contributed by atoms with van der Waals surface area (Å²) in [5.74, 6) is -1.09. The van der Waals surface area contributed by atoms with Gasteiger partial charge in [0.15, 0.2) is 5.79 Å². The molecule has 1 N–H and O–H groups in total. The molecule has 0 aromatic heterocycles. The van der Waals surface area contributed by atoms with Gasteiger partial charge in [-0.05, 0) is 12.8 Å². The number of aliphatic carboxylic acids is 1. The molecule has 3 fully saturated rings. The maximum atomic E-state index is 11.0. The van der Waals surface area contributed by atoms with Gasteiger partial charge < -0.3 is 19.3 Å². The van der Waals surface area contributed by atoms with E-state index < -0.39 is 5.97 Å². The van der Waals surface area contributed by atoms with Crippen molar-refractivity contribution in [2.45, 2.75) is 50.0 Å². The van der Waals surface area contributed by atoms with Gasteiger partial charge >= 0.3 is 5.97 Å². The number of carboxylic acid groups (broad SMARTS) is 1. The zero-order valence-corrected chi connectivity index (χ0v) is 11.8. The van der Waals surface area contributed by atoms with Crippen molar-refractivity contribution in [3.63, 3.8) is 0 Å². The number of nitrogens with zero attached hydrogens (tertiary/aromatic N) is 1. The van der Waals surface area contributed by atoms with Crippen LogP contribution in [-0.4, -0.2) is 66.8 Å². The molecule has 0 amide bonds. The third-order valence-electron chi connectivity index (χ3n) is 4.68. The molecule has 0 aromatic rings. The summed E-state index contributed by atoms with van der Waals surface area (Å²) in [6.07, 6.45) is 4.00. The second-order valence-electron chi connectivity index (χ2n) is 5.90. The Balaban J connectivity index is 1.59. The Morgan fingerprint density at radius 1 is 1.20 bits per heavy atom. The van der Waals surface area contributed by atoms with Crippen molar-refractivity contribution >= 4 is 5.97 Å². The van der Waals surface area contributed by atoms with Crippen molar-refractivity contribution in [3.8, 4) is 0 Å². The zero-order chi connectivity index (χ0) is 14.0. The van der Waals surface area contributed by atoms with Gasteiger partial charge in [-0.1, -0.05) is 0 Å². The van der Waals surface area contributed by atoms with Gasteiger partial charge in [0.1, 0.15) is 0 Å². The summed E-state index contributed by atoms with van der Waals surface area (Å²) >= 11 is 0. The average Bonchev–Trinajstić information content (AvgIpc) is 2.88. The van der Waals surface area contributed by atoms with Gasteiger partial charge in [-0.15, -0.1) is 0 Å². The van der Waals surface area contributed by atoms with Crippen molar-refractivity contribution in [1.82, 2.24) is 4.90 Å². The lowest BCUT2D eigenvalue weighted by Crippen LogP contribution is -2.54. The molecule has 1 aliphatic carbocycles.